The molecule has 21 heavy (non-hydrogen) atoms. The van der Waals surface area contributed by atoms with Crippen LogP contribution in [0.4, 0.5) is 11.5 Å². The second-order valence-electron chi connectivity index (χ2n) is 6.15. The molecule has 1 saturated carbocycles. The zero-order chi connectivity index (χ0) is 15.3. The van der Waals surface area contributed by atoms with Crippen molar-refractivity contribution >= 4 is 17.4 Å². The van der Waals surface area contributed by atoms with Crippen molar-refractivity contribution in [1.82, 2.24) is 4.98 Å². The molecule has 0 aliphatic heterocycles. The summed E-state index contributed by atoms with van der Waals surface area (Å²) in [7, 11) is 3.88. The lowest BCUT2D eigenvalue weighted by molar-refractivity contribution is -0.125. The van der Waals surface area contributed by atoms with Crippen molar-refractivity contribution in [3.05, 3.63) is 18.3 Å². The molecule has 1 amide bonds. The second-order valence-corrected chi connectivity index (χ2v) is 6.15. The standard InChI is InChI=1S/C16H26N4O/c1-20(2)14-8-7-13(11-18-14)19-15(21)16(12-17)9-5-3-4-6-10-16/h7-8,11H,3-6,9-10,12,17H2,1-2H3,(H,19,21). The van der Waals surface area contributed by atoms with Crippen LogP contribution in [0.2, 0.25) is 0 Å². The van der Waals surface area contributed by atoms with Crippen molar-refractivity contribution < 1.29 is 4.79 Å². The van der Waals surface area contributed by atoms with Crippen molar-refractivity contribution in [1.29, 1.82) is 0 Å². The first-order chi connectivity index (χ1) is 10.1. The number of hydrogen-bond donors (Lipinski definition) is 2. The number of nitrogens with two attached hydrogens (primary N) is 1. The van der Waals surface area contributed by atoms with Gasteiger partial charge in [-0.2, -0.15) is 0 Å². The summed E-state index contributed by atoms with van der Waals surface area (Å²) in [6, 6.07) is 3.79. The van der Waals surface area contributed by atoms with E-state index in [9.17, 15) is 4.79 Å². The molecule has 5 nitrogen and oxygen atoms in total. The van der Waals surface area contributed by atoms with E-state index in [0.29, 0.717) is 6.54 Å². The van der Waals surface area contributed by atoms with Gasteiger partial charge >= 0.3 is 0 Å². The van der Waals surface area contributed by atoms with Gasteiger partial charge in [0.1, 0.15) is 5.82 Å². The fourth-order valence-electron chi connectivity index (χ4n) is 2.92. The Hall–Kier alpha value is -1.62. The summed E-state index contributed by atoms with van der Waals surface area (Å²) in [6.45, 7) is 0.419. The van der Waals surface area contributed by atoms with E-state index in [1.54, 1.807) is 6.20 Å². The summed E-state index contributed by atoms with van der Waals surface area (Å²) >= 11 is 0. The molecule has 3 N–H and O–H groups in total. The van der Waals surface area contributed by atoms with Crippen LogP contribution in [-0.4, -0.2) is 31.5 Å². The minimum atomic E-state index is -0.406. The number of hydrogen-bond acceptors (Lipinski definition) is 4. The number of amides is 1. The van der Waals surface area contributed by atoms with Gasteiger partial charge in [0.15, 0.2) is 0 Å². The number of pyridine rings is 1. The molecule has 0 spiro atoms. The topological polar surface area (TPSA) is 71.2 Å². The molecule has 0 saturated heterocycles. The van der Waals surface area contributed by atoms with E-state index in [2.05, 4.69) is 10.3 Å². The third kappa shape index (κ3) is 3.73. The van der Waals surface area contributed by atoms with Gasteiger partial charge in [-0.1, -0.05) is 25.7 Å². The van der Waals surface area contributed by atoms with Crippen LogP contribution in [0.5, 0.6) is 0 Å². The van der Waals surface area contributed by atoms with Crippen molar-refractivity contribution in [2.75, 3.05) is 30.9 Å². The van der Waals surface area contributed by atoms with Crippen molar-refractivity contribution in [2.45, 2.75) is 38.5 Å². The zero-order valence-electron chi connectivity index (χ0n) is 13.1. The average molecular weight is 290 g/mol. The quantitative estimate of drug-likeness (QED) is 0.835. The van der Waals surface area contributed by atoms with Crippen LogP contribution in [0.25, 0.3) is 0 Å². The second kappa shape index (κ2) is 6.89. The highest BCUT2D eigenvalue weighted by atomic mass is 16.2. The van der Waals surface area contributed by atoms with E-state index >= 15 is 0 Å². The minimum absolute atomic E-state index is 0.0475. The fourth-order valence-corrected chi connectivity index (χ4v) is 2.92. The molecule has 1 aromatic heterocycles. The van der Waals surface area contributed by atoms with E-state index < -0.39 is 5.41 Å². The van der Waals surface area contributed by atoms with E-state index in [0.717, 1.165) is 37.2 Å². The fraction of sp³-hybridized carbons (Fsp3) is 0.625. The largest absolute Gasteiger partial charge is 0.363 e. The molecule has 5 heteroatoms. The third-order valence-corrected chi connectivity index (χ3v) is 4.40. The first-order valence-electron chi connectivity index (χ1n) is 7.72. The van der Waals surface area contributed by atoms with Gasteiger partial charge in [-0.05, 0) is 25.0 Å². The van der Waals surface area contributed by atoms with Gasteiger partial charge < -0.3 is 16.0 Å². The number of aromatic nitrogens is 1. The van der Waals surface area contributed by atoms with Crippen LogP contribution in [0.15, 0.2) is 18.3 Å². The van der Waals surface area contributed by atoms with Gasteiger partial charge in [0.05, 0.1) is 17.3 Å². The van der Waals surface area contributed by atoms with E-state index in [1.165, 1.54) is 12.8 Å². The molecule has 0 radical (unpaired) electrons. The first kappa shape index (κ1) is 15.8. The third-order valence-electron chi connectivity index (χ3n) is 4.40. The molecule has 0 bridgehead atoms. The summed E-state index contributed by atoms with van der Waals surface area (Å²) in [6.07, 6.45) is 8.05. The molecule has 1 heterocycles. The number of carbonyl (C=O) groups is 1. The lowest BCUT2D eigenvalue weighted by Crippen LogP contribution is -2.42. The maximum Gasteiger partial charge on any atom is 0.231 e. The Labute approximate surface area is 126 Å². The molecule has 1 aliphatic carbocycles. The highest BCUT2D eigenvalue weighted by Gasteiger charge is 2.37. The van der Waals surface area contributed by atoms with Crippen LogP contribution < -0.4 is 16.0 Å². The van der Waals surface area contributed by atoms with Crippen molar-refractivity contribution in [2.24, 2.45) is 11.1 Å². The molecule has 1 aliphatic rings. The Morgan fingerprint density at radius 2 is 1.95 bits per heavy atom. The molecule has 1 aromatic rings. The Bertz CT molecular complexity index is 462. The lowest BCUT2D eigenvalue weighted by atomic mass is 9.79. The molecule has 2 rings (SSSR count). The van der Waals surface area contributed by atoms with Gasteiger partial charge in [0.2, 0.25) is 5.91 Å². The molecular formula is C16H26N4O. The smallest absolute Gasteiger partial charge is 0.231 e. The summed E-state index contributed by atoms with van der Waals surface area (Å²) in [4.78, 5) is 18.9. The van der Waals surface area contributed by atoms with Crippen LogP contribution in [0, 0.1) is 5.41 Å². The van der Waals surface area contributed by atoms with Gasteiger partial charge in [-0.3, -0.25) is 4.79 Å². The maximum absolute atomic E-state index is 12.7. The van der Waals surface area contributed by atoms with Crippen molar-refractivity contribution in [3.8, 4) is 0 Å². The summed E-state index contributed by atoms with van der Waals surface area (Å²) in [5.74, 6) is 0.919. The number of rotatable bonds is 4. The summed E-state index contributed by atoms with van der Waals surface area (Å²) in [5.41, 5.74) is 6.28. The Morgan fingerprint density at radius 3 is 2.43 bits per heavy atom. The highest BCUT2D eigenvalue weighted by molar-refractivity contribution is 5.95. The summed E-state index contributed by atoms with van der Waals surface area (Å²) < 4.78 is 0. The normalized spacial score (nSPS) is 17.9. The molecule has 0 unspecified atom stereocenters. The number of nitrogens with zero attached hydrogens (tertiary/aromatic N) is 2. The molecule has 0 aromatic carbocycles. The van der Waals surface area contributed by atoms with Crippen LogP contribution in [0.1, 0.15) is 38.5 Å². The predicted molar refractivity (Wildman–Crippen MR) is 86.4 cm³/mol. The SMILES string of the molecule is CN(C)c1ccc(NC(=O)C2(CN)CCCCCC2)cn1. The Balaban J connectivity index is 2.08. The van der Waals surface area contributed by atoms with Gasteiger partial charge in [-0.25, -0.2) is 4.98 Å². The maximum atomic E-state index is 12.7. The minimum Gasteiger partial charge on any atom is -0.363 e. The van der Waals surface area contributed by atoms with E-state index in [1.807, 2.05) is 31.1 Å². The number of carbonyl (C=O) groups excluding carboxylic acids is 1. The number of anilines is 2. The molecule has 0 atom stereocenters. The summed E-state index contributed by atoms with van der Waals surface area (Å²) in [5, 5.41) is 3.00. The first-order valence-corrected chi connectivity index (χ1v) is 7.72. The zero-order valence-corrected chi connectivity index (χ0v) is 13.1. The van der Waals surface area contributed by atoms with Crippen LogP contribution in [-0.2, 0) is 4.79 Å². The predicted octanol–water partition coefficient (Wildman–Crippen LogP) is 2.39. The molecular weight excluding hydrogens is 264 g/mol. The number of nitrogens with one attached hydrogen (secondary N) is 1. The molecule has 116 valence electrons. The van der Waals surface area contributed by atoms with Gasteiger partial charge in [-0.15, -0.1) is 0 Å². The van der Waals surface area contributed by atoms with Crippen LogP contribution >= 0.6 is 0 Å². The van der Waals surface area contributed by atoms with Crippen LogP contribution in [0.3, 0.4) is 0 Å². The van der Waals surface area contributed by atoms with Gasteiger partial charge in [0, 0.05) is 20.6 Å². The monoisotopic (exact) mass is 290 g/mol. The van der Waals surface area contributed by atoms with E-state index in [4.69, 9.17) is 5.73 Å². The van der Waals surface area contributed by atoms with Crippen molar-refractivity contribution in [3.63, 3.8) is 0 Å². The van der Waals surface area contributed by atoms with E-state index in [-0.39, 0.29) is 5.91 Å². The highest BCUT2D eigenvalue weighted by Crippen LogP contribution is 2.35. The van der Waals surface area contributed by atoms with Gasteiger partial charge in [0.25, 0.3) is 0 Å². The lowest BCUT2D eigenvalue weighted by Gasteiger charge is -2.29. The Kier molecular flexibility index (Phi) is 5.17. The average Bonchev–Trinajstić information content (AvgIpc) is 2.74. The molecule has 1 fully saturated rings. The Morgan fingerprint density at radius 1 is 1.29 bits per heavy atom.